The average molecular weight is 164 g/mol. The van der Waals surface area contributed by atoms with Crippen LogP contribution in [-0.4, -0.2) is 10.2 Å². The van der Waals surface area contributed by atoms with Crippen molar-refractivity contribution in [1.82, 2.24) is 0 Å². The number of aromatic hydroxyl groups is 1. The molecule has 0 fully saturated rings. The summed E-state index contributed by atoms with van der Waals surface area (Å²) in [6.07, 6.45) is 2.29. The summed E-state index contributed by atoms with van der Waals surface area (Å²) < 4.78 is 0. The second-order valence-electron chi connectivity index (χ2n) is 3.25. The van der Waals surface area contributed by atoms with E-state index in [1.54, 1.807) is 12.1 Å². The fourth-order valence-electron chi connectivity index (χ4n) is 1.80. The minimum atomic E-state index is -0.374. The van der Waals surface area contributed by atoms with Gasteiger partial charge in [-0.3, -0.25) is 0 Å². The normalized spacial score (nSPS) is 21.9. The van der Waals surface area contributed by atoms with E-state index in [4.69, 9.17) is 0 Å². The summed E-state index contributed by atoms with van der Waals surface area (Å²) in [5.41, 5.74) is 1.83. The quantitative estimate of drug-likeness (QED) is 0.613. The first-order valence-corrected chi connectivity index (χ1v) is 4.28. The molecule has 0 saturated heterocycles. The number of aliphatic hydroxyl groups is 1. The zero-order valence-electron chi connectivity index (χ0n) is 6.83. The Morgan fingerprint density at radius 1 is 1.33 bits per heavy atom. The van der Waals surface area contributed by atoms with Crippen LogP contribution in [-0.2, 0) is 6.42 Å². The maximum atomic E-state index is 9.57. The molecule has 1 aromatic rings. The van der Waals surface area contributed by atoms with Gasteiger partial charge >= 0.3 is 0 Å². The molecule has 1 aromatic carbocycles. The lowest BCUT2D eigenvalue weighted by molar-refractivity contribution is 0.155. The molecule has 0 aromatic heterocycles. The Balaban J connectivity index is 2.52. The largest absolute Gasteiger partial charge is 0.508 e. The maximum absolute atomic E-state index is 9.57. The molecule has 2 heteroatoms. The molecule has 0 saturated carbocycles. The van der Waals surface area contributed by atoms with Crippen LogP contribution in [0.3, 0.4) is 0 Å². The van der Waals surface area contributed by atoms with Crippen LogP contribution in [0.4, 0.5) is 0 Å². The zero-order valence-corrected chi connectivity index (χ0v) is 6.83. The van der Waals surface area contributed by atoms with Crippen molar-refractivity contribution >= 4 is 0 Å². The van der Waals surface area contributed by atoms with Crippen LogP contribution in [0.15, 0.2) is 18.2 Å². The summed E-state index contributed by atoms with van der Waals surface area (Å²) >= 11 is 0. The molecule has 0 radical (unpaired) electrons. The Labute approximate surface area is 71.5 Å². The van der Waals surface area contributed by atoms with E-state index in [0.717, 1.165) is 30.4 Å². The lowest BCUT2D eigenvalue weighted by Gasteiger charge is -2.21. The number of aliphatic hydroxyl groups excluding tert-OH is 1. The molecule has 2 rings (SSSR count). The summed E-state index contributed by atoms with van der Waals surface area (Å²) in [5.74, 6) is 0.325. The number of phenolic OH excluding ortho intramolecular Hbond substituents is 1. The van der Waals surface area contributed by atoms with Gasteiger partial charge in [0.05, 0.1) is 6.10 Å². The molecule has 0 aliphatic heterocycles. The molecule has 1 aliphatic rings. The van der Waals surface area contributed by atoms with Gasteiger partial charge in [-0.05, 0) is 36.5 Å². The number of phenols is 1. The van der Waals surface area contributed by atoms with Crippen LogP contribution in [0.1, 0.15) is 30.1 Å². The lowest BCUT2D eigenvalue weighted by Crippen LogP contribution is -2.08. The van der Waals surface area contributed by atoms with Crippen molar-refractivity contribution in [3.8, 4) is 5.75 Å². The summed E-state index contributed by atoms with van der Waals surface area (Å²) in [5, 5.41) is 19.0. The minimum absolute atomic E-state index is 0.325. The number of hydrogen-bond acceptors (Lipinski definition) is 2. The summed E-state index contributed by atoms with van der Waals surface area (Å²) in [4.78, 5) is 0. The lowest BCUT2D eigenvalue weighted by atomic mass is 9.89. The molecular weight excluding hydrogens is 152 g/mol. The fourth-order valence-corrected chi connectivity index (χ4v) is 1.80. The summed E-state index contributed by atoms with van der Waals surface area (Å²) in [7, 11) is 0. The SMILES string of the molecule is Oc1cccc2c1CCC[C@H]2O. The van der Waals surface area contributed by atoms with E-state index in [-0.39, 0.29) is 6.10 Å². The third kappa shape index (κ3) is 1.08. The van der Waals surface area contributed by atoms with Crippen molar-refractivity contribution in [2.75, 3.05) is 0 Å². The Morgan fingerprint density at radius 3 is 2.92 bits per heavy atom. The molecule has 0 amide bonds. The molecule has 2 nitrogen and oxygen atoms in total. The smallest absolute Gasteiger partial charge is 0.119 e. The highest BCUT2D eigenvalue weighted by molar-refractivity contribution is 5.41. The standard InChI is InChI=1S/C10H12O2/c11-9-5-1-3-7-8(9)4-2-6-10(7)12/h1,3,5,10-12H,2,4,6H2/t10-/m1/s1. The fraction of sp³-hybridized carbons (Fsp3) is 0.400. The molecule has 0 bridgehead atoms. The van der Waals surface area contributed by atoms with Crippen molar-refractivity contribution in [3.63, 3.8) is 0 Å². The highest BCUT2D eigenvalue weighted by atomic mass is 16.3. The average Bonchev–Trinajstić information content (AvgIpc) is 2.07. The Hall–Kier alpha value is -1.02. The van der Waals surface area contributed by atoms with Gasteiger partial charge in [-0.25, -0.2) is 0 Å². The number of rotatable bonds is 0. The van der Waals surface area contributed by atoms with Crippen molar-refractivity contribution in [2.45, 2.75) is 25.4 Å². The molecule has 0 spiro atoms. The van der Waals surface area contributed by atoms with E-state index in [2.05, 4.69) is 0 Å². The number of hydrogen-bond donors (Lipinski definition) is 2. The third-order valence-electron chi connectivity index (χ3n) is 2.45. The van der Waals surface area contributed by atoms with Gasteiger partial charge in [0.2, 0.25) is 0 Å². The van der Waals surface area contributed by atoms with Gasteiger partial charge in [-0.15, -0.1) is 0 Å². The van der Waals surface area contributed by atoms with E-state index in [1.165, 1.54) is 0 Å². The molecule has 0 unspecified atom stereocenters. The van der Waals surface area contributed by atoms with Crippen LogP contribution < -0.4 is 0 Å². The molecule has 2 N–H and O–H groups in total. The third-order valence-corrected chi connectivity index (χ3v) is 2.45. The molecule has 12 heavy (non-hydrogen) atoms. The Kier molecular flexibility index (Phi) is 1.77. The van der Waals surface area contributed by atoms with Crippen molar-refractivity contribution < 1.29 is 10.2 Å². The molecule has 1 atom stereocenters. The van der Waals surface area contributed by atoms with E-state index in [9.17, 15) is 10.2 Å². The summed E-state index contributed by atoms with van der Waals surface area (Å²) in [6.45, 7) is 0. The van der Waals surface area contributed by atoms with Crippen molar-refractivity contribution in [1.29, 1.82) is 0 Å². The predicted molar refractivity (Wildman–Crippen MR) is 46.0 cm³/mol. The number of fused-ring (bicyclic) bond motifs is 1. The van der Waals surface area contributed by atoms with Gasteiger partial charge < -0.3 is 10.2 Å². The van der Waals surface area contributed by atoms with Gasteiger partial charge in [0.25, 0.3) is 0 Å². The van der Waals surface area contributed by atoms with Gasteiger partial charge in [0.1, 0.15) is 5.75 Å². The predicted octanol–water partition coefficient (Wildman–Crippen LogP) is 1.76. The monoisotopic (exact) mass is 164 g/mol. The molecule has 0 heterocycles. The van der Waals surface area contributed by atoms with E-state index < -0.39 is 0 Å². The van der Waals surface area contributed by atoms with Crippen molar-refractivity contribution in [2.24, 2.45) is 0 Å². The topological polar surface area (TPSA) is 40.5 Å². The second-order valence-corrected chi connectivity index (χ2v) is 3.25. The van der Waals surface area contributed by atoms with Gasteiger partial charge in [0, 0.05) is 0 Å². The first kappa shape index (κ1) is 7.62. The van der Waals surface area contributed by atoms with Crippen LogP contribution in [0.25, 0.3) is 0 Å². The highest BCUT2D eigenvalue weighted by Gasteiger charge is 2.19. The molecule has 64 valence electrons. The van der Waals surface area contributed by atoms with E-state index in [0.29, 0.717) is 5.75 Å². The number of benzene rings is 1. The second kappa shape index (κ2) is 2.79. The van der Waals surface area contributed by atoms with Crippen LogP contribution >= 0.6 is 0 Å². The first-order valence-electron chi connectivity index (χ1n) is 4.28. The van der Waals surface area contributed by atoms with Gasteiger partial charge in [-0.2, -0.15) is 0 Å². The summed E-state index contributed by atoms with van der Waals surface area (Å²) in [6, 6.07) is 5.35. The highest BCUT2D eigenvalue weighted by Crippen LogP contribution is 2.34. The van der Waals surface area contributed by atoms with E-state index >= 15 is 0 Å². The van der Waals surface area contributed by atoms with Crippen molar-refractivity contribution in [3.05, 3.63) is 29.3 Å². The zero-order chi connectivity index (χ0) is 8.55. The van der Waals surface area contributed by atoms with Crippen LogP contribution in [0, 0.1) is 0 Å². The molecule has 1 aliphatic carbocycles. The minimum Gasteiger partial charge on any atom is -0.508 e. The van der Waals surface area contributed by atoms with Gasteiger partial charge in [0.15, 0.2) is 0 Å². The van der Waals surface area contributed by atoms with E-state index in [1.807, 2.05) is 6.07 Å². The van der Waals surface area contributed by atoms with Crippen LogP contribution in [0.5, 0.6) is 5.75 Å². The van der Waals surface area contributed by atoms with Gasteiger partial charge in [-0.1, -0.05) is 12.1 Å². The van der Waals surface area contributed by atoms with Crippen LogP contribution in [0.2, 0.25) is 0 Å². The maximum Gasteiger partial charge on any atom is 0.119 e. The Morgan fingerprint density at radius 2 is 2.17 bits per heavy atom. The molecular formula is C10H12O2. The Bertz CT molecular complexity index is 294. The first-order chi connectivity index (χ1) is 5.79.